The van der Waals surface area contributed by atoms with E-state index in [4.69, 9.17) is 26.2 Å². The molecule has 0 amide bonds. The molecule has 1 aromatic rings. The van der Waals surface area contributed by atoms with E-state index >= 15 is 0 Å². The molecular weight excluding hydrogens is 276 g/mol. The van der Waals surface area contributed by atoms with E-state index in [-0.39, 0.29) is 11.3 Å². The zero-order chi connectivity index (χ0) is 13.5. The molecule has 0 aliphatic rings. The summed E-state index contributed by atoms with van der Waals surface area (Å²) in [6.07, 6.45) is 0. The van der Waals surface area contributed by atoms with Crippen LogP contribution in [-0.2, 0) is 0 Å². The lowest BCUT2D eigenvalue weighted by molar-refractivity contribution is 0.0691. The number of methoxy groups -OCH3 is 1. The average Bonchev–Trinajstić information content (AvgIpc) is 2.34. The van der Waals surface area contributed by atoms with Crippen LogP contribution in [0.25, 0.3) is 0 Å². The molecule has 100 valence electrons. The minimum absolute atomic E-state index is 0.0147. The largest absolute Gasteiger partial charge is 0.493 e. The number of benzene rings is 1. The van der Waals surface area contributed by atoms with Gasteiger partial charge in [0.2, 0.25) is 0 Å². The number of carboxylic acid groups (broad SMARTS) is 1. The van der Waals surface area contributed by atoms with Gasteiger partial charge >= 0.3 is 5.97 Å². The number of hydrogen-bond donors (Lipinski definition) is 1. The first kappa shape index (κ1) is 15.0. The Balaban J connectivity index is 2.94. The average molecular weight is 291 g/mol. The lowest BCUT2D eigenvalue weighted by atomic mass is 10.2. The van der Waals surface area contributed by atoms with Crippen LogP contribution in [0.15, 0.2) is 12.1 Å². The van der Waals surface area contributed by atoms with Crippen molar-refractivity contribution in [3.05, 3.63) is 22.7 Å². The van der Waals surface area contributed by atoms with E-state index < -0.39 is 5.97 Å². The Hall–Kier alpha value is -1.07. The van der Waals surface area contributed by atoms with Crippen molar-refractivity contribution >= 4 is 29.3 Å². The molecule has 6 heteroatoms. The molecule has 0 heterocycles. The monoisotopic (exact) mass is 290 g/mol. The van der Waals surface area contributed by atoms with Crippen molar-refractivity contribution in [3.63, 3.8) is 0 Å². The molecule has 1 rings (SSSR count). The second-order valence-corrected chi connectivity index (χ2v) is 5.17. The van der Waals surface area contributed by atoms with E-state index in [0.29, 0.717) is 17.4 Å². The molecule has 0 fully saturated rings. The van der Waals surface area contributed by atoms with E-state index in [9.17, 15) is 4.79 Å². The Morgan fingerprint density at radius 1 is 1.50 bits per heavy atom. The van der Waals surface area contributed by atoms with Crippen LogP contribution in [0.4, 0.5) is 0 Å². The first-order valence-corrected chi connectivity index (χ1v) is 6.94. The first-order chi connectivity index (χ1) is 8.60. The molecule has 0 saturated carbocycles. The summed E-state index contributed by atoms with van der Waals surface area (Å²) in [5.74, 6) is 1.26. The van der Waals surface area contributed by atoms with E-state index in [1.54, 1.807) is 11.8 Å². The van der Waals surface area contributed by atoms with Crippen LogP contribution < -0.4 is 9.47 Å². The number of hydrogen-bond acceptors (Lipinski definition) is 4. The number of aromatic carboxylic acids is 1. The number of rotatable bonds is 7. The molecule has 1 aromatic carbocycles. The lowest BCUT2D eigenvalue weighted by Crippen LogP contribution is -2.07. The molecule has 0 aliphatic carbocycles. The fourth-order valence-corrected chi connectivity index (χ4v) is 2.07. The van der Waals surface area contributed by atoms with Crippen LogP contribution >= 0.6 is 23.4 Å². The quantitative estimate of drug-likeness (QED) is 0.782. The SMILES string of the molecule is CCSCCOc1c(OC)cc(Cl)cc1C(=O)O. The fourth-order valence-electron chi connectivity index (χ4n) is 1.37. The van der Waals surface area contributed by atoms with Gasteiger partial charge in [-0.1, -0.05) is 18.5 Å². The number of carbonyl (C=O) groups is 1. The van der Waals surface area contributed by atoms with Crippen LogP contribution in [0, 0.1) is 0 Å². The lowest BCUT2D eigenvalue weighted by Gasteiger charge is -2.13. The van der Waals surface area contributed by atoms with Gasteiger partial charge in [-0.05, 0) is 11.8 Å². The molecule has 18 heavy (non-hydrogen) atoms. The van der Waals surface area contributed by atoms with E-state index in [2.05, 4.69) is 6.92 Å². The van der Waals surface area contributed by atoms with Gasteiger partial charge in [0, 0.05) is 16.8 Å². The van der Waals surface area contributed by atoms with Gasteiger partial charge in [0.25, 0.3) is 0 Å². The maximum Gasteiger partial charge on any atom is 0.339 e. The summed E-state index contributed by atoms with van der Waals surface area (Å²) in [5, 5.41) is 9.42. The molecule has 0 bridgehead atoms. The molecular formula is C12H15ClO4S. The minimum atomic E-state index is -1.09. The Labute approximate surface area is 115 Å². The molecule has 0 atom stereocenters. The summed E-state index contributed by atoms with van der Waals surface area (Å²) >= 11 is 7.54. The maximum absolute atomic E-state index is 11.1. The normalized spacial score (nSPS) is 10.2. The van der Waals surface area contributed by atoms with Gasteiger partial charge in [0.1, 0.15) is 5.56 Å². The van der Waals surface area contributed by atoms with E-state index in [0.717, 1.165) is 11.5 Å². The van der Waals surface area contributed by atoms with Crippen molar-refractivity contribution in [1.82, 2.24) is 0 Å². The third kappa shape index (κ3) is 3.99. The van der Waals surface area contributed by atoms with Crippen LogP contribution in [0.3, 0.4) is 0 Å². The molecule has 0 saturated heterocycles. The van der Waals surface area contributed by atoms with Crippen LogP contribution in [-0.4, -0.2) is 36.3 Å². The third-order valence-corrected chi connectivity index (χ3v) is 3.23. The molecule has 1 N–H and O–H groups in total. The molecule has 0 unspecified atom stereocenters. The topological polar surface area (TPSA) is 55.8 Å². The summed E-state index contributed by atoms with van der Waals surface area (Å²) in [7, 11) is 1.45. The van der Waals surface area contributed by atoms with Gasteiger partial charge in [0.05, 0.1) is 13.7 Å². The van der Waals surface area contributed by atoms with Crippen molar-refractivity contribution in [3.8, 4) is 11.5 Å². The molecule has 0 aromatic heterocycles. The predicted octanol–water partition coefficient (Wildman–Crippen LogP) is 3.18. The highest BCUT2D eigenvalue weighted by atomic mass is 35.5. The van der Waals surface area contributed by atoms with Gasteiger partial charge in [-0.25, -0.2) is 4.79 Å². The number of thioether (sulfide) groups is 1. The van der Waals surface area contributed by atoms with Gasteiger partial charge < -0.3 is 14.6 Å². The van der Waals surface area contributed by atoms with Crippen molar-refractivity contribution in [2.45, 2.75) is 6.92 Å². The minimum Gasteiger partial charge on any atom is -0.493 e. The van der Waals surface area contributed by atoms with Crippen molar-refractivity contribution in [2.24, 2.45) is 0 Å². The van der Waals surface area contributed by atoms with E-state index in [1.807, 2.05) is 0 Å². The molecule has 0 spiro atoms. The summed E-state index contributed by atoms with van der Waals surface area (Å²) in [6.45, 7) is 2.48. The Bertz CT molecular complexity index is 423. The van der Waals surface area contributed by atoms with Crippen LogP contribution in [0.5, 0.6) is 11.5 Å². The smallest absolute Gasteiger partial charge is 0.339 e. The van der Waals surface area contributed by atoms with Crippen LogP contribution in [0.1, 0.15) is 17.3 Å². The van der Waals surface area contributed by atoms with Crippen LogP contribution in [0.2, 0.25) is 5.02 Å². The highest BCUT2D eigenvalue weighted by molar-refractivity contribution is 7.99. The molecule has 4 nitrogen and oxygen atoms in total. The highest BCUT2D eigenvalue weighted by Gasteiger charge is 2.18. The summed E-state index contributed by atoms with van der Waals surface area (Å²) in [5.41, 5.74) is 0.0147. The van der Waals surface area contributed by atoms with E-state index in [1.165, 1.54) is 19.2 Å². The molecule has 0 radical (unpaired) electrons. The Kier molecular flexibility index (Phi) is 6.15. The first-order valence-electron chi connectivity index (χ1n) is 5.41. The summed E-state index contributed by atoms with van der Waals surface area (Å²) in [6, 6.07) is 2.89. The van der Waals surface area contributed by atoms with Crippen molar-refractivity contribution in [1.29, 1.82) is 0 Å². The Morgan fingerprint density at radius 2 is 2.22 bits per heavy atom. The zero-order valence-electron chi connectivity index (χ0n) is 10.2. The standard InChI is InChI=1S/C12H15ClO4S/c1-3-18-5-4-17-11-9(12(14)15)6-8(13)7-10(11)16-2/h6-7H,3-5H2,1-2H3,(H,14,15). The number of ether oxygens (including phenoxy) is 2. The van der Waals surface area contributed by atoms with Crippen molar-refractivity contribution in [2.75, 3.05) is 25.2 Å². The van der Waals surface area contributed by atoms with Crippen molar-refractivity contribution < 1.29 is 19.4 Å². The second kappa shape index (κ2) is 7.38. The summed E-state index contributed by atoms with van der Waals surface area (Å²) in [4.78, 5) is 11.1. The predicted molar refractivity (Wildman–Crippen MR) is 73.5 cm³/mol. The maximum atomic E-state index is 11.1. The van der Waals surface area contributed by atoms with Gasteiger partial charge in [0.15, 0.2) is 11.5 Å². The summed E-state index contributed by atoms with van der Waals surface area (Å²) < 4.78 is 10.6. The highest BCUT2D eigenvalue weighted by Crippen LogP contribution is 2.34. The molecule has 0 aliphatic heterocycles. The van der Waals surface area contributed by atoms with Gasteiger partial charge in [-0.2, -0.15) is 11.8 Å². The fraction of sp³-hybridized carbons (Fsp3) is 0.417. The second-order valence-electron chi connectivity index (χ2n) is 3.34. The van der Waals surface area contributed by atoms with Gasteiger partial charge in [-0.3, -0.25) is 0 Å². The number of carboxylic acids is 1. The Morgan fingerprint density at radius 3 is 2.78 bits per heavy atom. The zero-order valence-corrected chi connectivity index (χ0v) is 11.8. The number of halogens is 1. The van der Waals surface area contributed by atoms with Gasteiger partial charge in [-0.15, -0.1) is 0 Å². The third-order valence-electron chi connectivity index (χ3n) is 2.15.